The lowest BCUT2D eigenvalue weighted by atomic mass is 9.85. The van der Waals surface area contributed by atoms with Crippen LogP contribution in [0.5, 0.6) is 0 Å². The highest BCUT2D eigenvalue weighted by Gasteiger charge is 2.46. The summed E-state index contributed by atoms with van der Waals surface area (Å²) in [5.41, 5.74) is 4.65. The molecular formula is C47H60N8O11S. The first-order valence-electron chi connectivity index (χ1n) is 22.6. The van der Waals surface area contributed by atoms with Gasteiger partial charge in [-0.1, -0.05) is 63.9 Å². The van der Waals surface area contributed by atoms with Crippen molar-refractivity contribution < 1.29 is 52.9 Å². The minimum absolute atomic E-state index is 0.0254. The number of aromatic nitrogens is 1. The summed E-state index contributed by atoms with van der Waals surface area (Å²) in [6.45, 7) is 8.39. The number of imide groups is 2. The topological polar surface area (TPSA) is 255 Å². The highest BCUT2D eigenvalue weighted by atomic mass is 32.1. The van der Waals surface area contributed by atoms with Crippen LogP contribution in [-0.4, -0.2) is 137 Å². The van der Waals surface area contributed by atoms with Crippen LogP contribution >= 0.6 is 11.3 Å². The van der Waals surface area contributed by atoms with Crippen molar-refractivity contribution in [1.29, 1.82) is 0 Å². The number of anilines is 1. The van der Waals surface area contributed by atoms with Gasteiger partial charge in [0, 0.05) is 57.9 Å². The highest BCUT2D eigenvalue weighted by molar-refractivity contribution is 7.13. The maximum Gasteiger partial charge on any atom is 0.264 e. The first kappa shape index (κ1) is 50.3. The molecule has 3 aliphatic heterocycles. The van der Waals surface area contributed by atoms with E-state index in [4.69, 9.17) is 9.47 Å². The van der Waals surface area contributed by atoms with E-state index in [2.05, 4.69) is 31.6 Å². The third kappa shape index (κ3) is 13.1. The predicted molar refractivity (Wildman–Crippen MR) is 246 cm³/mol. The van der Waals surface area contributed by atoms with Gasteiger partial charge in [0.25, 0.3) is 11.8 Å². The number of β-amino-alcohol motifs (C(OH)–C–C–N with tert-alkyl or cyclic N) is 1. The first-order valence-corrected chi connectivity index (χ1v) is 23.5. The Kier molecular flexibility index (Phi) is 17.3. The fourth-order valence-corrected chi connectivity index (χ4v) is 9.00. The summed E-state index contributed by atoms with van der Waals surface area (Å²) in [5.74, 6) is -3.99. The molecule has 2 fully saturated rings. The van der Waals surface area contributed by atoms with Crippen LogP contribution in [0.2, 0.25) is 0 Å². The number of carbonyl (C=O) groups is 8. The molecule has 67 heavy (non-hydrogen) atoms. The van der Waals surface area contributed by atoms with Crippen LogP contribution in [0.4, 0.5) is 5.69 Å². The molecule has 2 aromatic carbocycles. The van der Waals surface area contributed by atoms with Gasteiger partial charge in [0.1, 0.15) is 31.3 Å². The minimum Gasteiger partial charge on any atom is -0.391 e. The zero-order chi connectivity index (χ0) is 48.3. The lowest BCUT2D eigenvalue weighted by molar-refractivity contribution is -0.144. The number of rotatable bonds is 22. The Balaban J connectivity index is 0.819. The summed E-state index contributed by atoms with van der Waals surface area (Å²) in [5, 5.41) is 24.2. The molecule has 20 heteroatoms. The lowest BCUT2D eigenvalue weighted by Crippen LogP contribution is -2.58. The molecule has 3 aromatic rings. The molecule has 3 aliphatic rings. The number of carbonyl (C=O) groups excluding carboxylic acids is 8. The summed E-state index contributed by atoms with van der Waals surface area (Å²) < 4.78 is 11.1. The number of aryl methyl sites for hydroxylation is 1. The number of fused-ring (bicyclic) bond motifs is 1. The molecule has 1 aromatic heterocycles. The van der Waals surface area contributed by atoms with Crippen molar-refractivity contribution in [2.75, 3.05) is 51.4 Å². The number of piperidine rings is 1. The predicted octanol–water partition coefficient (Wildman–Crippen LogP) is 2.45. The number of benzene rings is 2. The summed E-state index contributed by atoms with van der Waals surface area (Å²) >= 11 is 1.56. The van der Waals surface area contributed by atoms with Crippen molar-refractivity contribution >= 4 is 64.3 Å². The number of likely N-dealkylation sites (tertiary alicyclic amines) is 1. The monoisotopic (exact) mass is 944 g/mol. The van der Waals surface area contributed by atoms with Crippen molar-refractivity contribution in [1.82, 2.24) is 36.1 Å². The number of unbranched alkanes of at least 4 members (excludes halogenated alkanes) is 3. The Morgan fingerprint density at radius 2 is 1.61 bits per heavy atom. The molecule has 2 saturated heterocycles. The molecular weight excluding hydrogens is 885 g/mol. The van der Waals surface area contributed by atoms with E-state index in [0.717, 1.165) is 39.4 Å². The molecule has 6 rings (SSSR count). The summed E-state index contributed by atoms with van der Waals surface area (Å²) in [4.78, 5) is 111. The van der Waals surface area contributed by atoms with E-state index < -0.39 is 65.1 Å². The van der Waals surface area contributed by atoms with Gasteiger partial charge in [0.15, 0.2) is 0 Å². The number of ether oxygens (including phenoxy) is 2. The largest absolute Gasteiger partial charge is 0.391 e. The van der Waals surface area contributed by atoms with Crippen LogP contribution in [0, 0.1) is 12.3 Å². The van der Waals surface area contributed by atoms with E-state index >= 15 is 0 Å². The molecule has 360 valence electrons. The maximum atomic E-state index is 13.9. The van der Waals surface area contributed by atoms with Crippen LogP contribution in [0.25, 0.3) is 10.4 Å². The van der Waals surface area contributed by atoms with E-state index in [9.17, 15) is 43.5 Å². The van der Waals surface area contributed by atoms with E-state index in [0.29, 0.717) is 31.7 Å². The molecule has 0 saturated carbocycles. The van der Waals surface area contributed by atoms with Crippen LogP contribution in [0.3, 0.4) is 0 Å². The number of nitrogens with one attached hydrogen (secondary N) is 5. The number of hydrogen-bond acceptors (Lipinski definition) is 14. The minimum atomic E-state index is -1.07. The molecule has 0 bridgehead atoms. The molecule has 0 spiro atoms. The zero-order valence-electron chi connectivity index (χ0n) is 38.3. The van der Waals surface area contributed by atoms with Crippen LogP contribution < -0.4 is 26.6 Å². The van der Waals surface area contributed by atoms with Gasteiger partial charge in [-0.05, 0) is 54.9 Å². The molecule has 0 radical (unpaired) electrons. The average molecular weight is 945 g/mol. The van der Waals surface area contributed by atoms with Crippen molar-refractivity contribution in [3.8, 4) is 10.4 Å². The van der Waals surface area contributed by atoms with Crippen LogP contribution in [0.15, 0.2) is 48.0 Å². The average Bonchev–Trinajstić information content (AvgIpc) is 3.98. The molecule has 4 unspecified atom stereocenters. The second-order valence-corrected chi connectivity index (χ2v) is 18.8. The second-order valence-electron chi connectivity index (χ2n) is 17.9. The van der Waals surface area contributed by atoms with E-state index in [-0.39, 0.29) is 81.6 Å². The number of aliphatic hydroxyl groups is 1. The number of thiazole rings is 1. The van der Waals surface area contributed by atoms with Gasteiger partial charge in [-0.15, -0.1) is 11.3 Å². The molecule has 19 nitrogen and oxygen atoms in total. The molecule has 0 aliphatic carbocycles. The Morgan fingerprint density at radius 1 is 0.910 bits per heavy atom. The zero-order valence-corrected chi connectivity index (χ0v) is 39.1. The fraction of sp³-hybridized carbons (Fsp3) is 0.511. The lowest BCUT2D eigenvalue weighted by Gasteiger charge is -2.35. The van der Waals surface area contributed by atoms with E-state index in [1.165, 1.54) is 11.0 Å². The van der Waals surface area contributed by atoms with Crippen molar-refractivity contribution in [3.05, 3.63) is 70.4 Å². The quantitative estimate of drug-likeness (QED) is 0.0626. The molecule has 4 atom stereocenters. The normalized spacial score (nSPS) is 18.7. The van der Waals surface area contributed by atoms with Crippen LogP contribution in [-0.2, 0) is 44.8 Å². The van der Waals surface area contributed by atoms with Crippen molar-refractivity contribution in [3.63, 3.8) is 0 Å². The van der Waals surface area contributed by atoms with Gasteiger partial charge in [0.2, 0.25) is 35.4 Å². The SMILES string of the molecule is Cc1ncsc1-c1ccc(CNC(=O)C2CC(O)CN2C(=O)C(NC(=O)COCCCCCCOCC(=O)NCCNc2cccc3c2C(=O)N(C2CCC(=O)NC2=O)C3=O)C(C)(C)C)cc1. The summed E-state index contributed by atoms with van der Waals surface area (Å²) in [6, 6.07) is 9.65. The highest BCUT2D eigenvalue weighted by Crippen LogP contribution is 2.33. The Labute approximate surface area is 393 Å². The van der Waals surface area contributed by atoms with Gasteiger partial charge < -0.3 is 40.7 Å². The first-order chi connectivity index (χ1) is 32.0. The van der Waals surface area contributed by atoms with Crippen molar-refractivity contribution in [2.24, 2.45) is 5.41 Å². The number of nitrogens with zero attached hydrogens (tertiary/aromatic N) is 3. The standard InChI is InChI=1S/C47H60N8O11S/c1-28-40(67-27-51-28)30-14-12-29(13-15-30)23-50-42(60)35-22-31(56)24-54(35)46(64)41(47(2,3)4)52-38(59)26-66-21-8-6-5-7-20-65-25-37(58)49-19-18-48-33-11-9-10-32-39(33)45(63)55(44(32)62)34-16-17-36(57)53-43(34)61/h9-15,27,31,34-35,41,48,56H,5-8,16-26H2,1-4H3,(H,49,58)(H,50,60)(H,52,59)(H,53,57,61). The Hall–Kier alpha value is -6.09. The van der Waals surface area contributed by atoms with Crippen molar-refractivity contribution in [2.45, 2.75) is 103 Å². The van der Waals surface area contributed by atoms with Gasteiger partial charge in [0.05, 0.1) is 33.3 Å². The Bertz CT molecular complexity index is 2310. The third-order valence-electron chi connectivity index (χ3n) is 11.7. The Morgan fingerprint density at radius 3 is 2.27 bits per heavy atom. The molecule has 4 heterocycles. The van der Waals surface area contributed by atoms with Gasteiger partial charge >= 0.3 is 0 Å². The van der Waals surface area contributed by atoms with Gasteiger partial charge in [-0.2, -0.15) is 0 Å². The third-order valence-corrected chi connectivity index (χ3v) is 12.7. The molecule has 8 amide bonds. The number of amides is 8. The van der Waals surface area contributed by atoms with Crippen LogP contribution in [0.1, 0.15) is 97.7 Å². The summed E-state index contributed by atoms with van der Waals surface area (Å²) in [6.07, 6.45) is 2.28. The summed E-state index contributed by atoms with van der Waals surface area (Å²) in [7, 11) is 0. The fourth-order valence-electron chi connectivity index (χ4n) is 8.19. The smallest absolute Gasteiger partial charge is 0.264 e. The second kappa shape index (κ2) is 23.1. The molecule has 6 N–H and O–H groups in total. The van der Waals surface area contributed by atoms with E-state index in [1.54, 1.807) is 29.0 Å². The maximum absolute atomic E-state index is 13.9. The number of aliphatic hydroxyl groups excluding tert-OH is 1. The van der Waals surface area contributed by atoms with Gasteiger partial charge in [-0.25, -0.2) is 4.98 Å². The van der Waals surface area contributed by atoms with Gasteiger partial charge in [-0.3, -0.25) is 48.6 Å². The number of hydrogen-bond donors (Lipinski definition) is 6. The van der Waals surface area contributed by atoms with E-state index in [1.807, 2.05) is 52.0 Å².